The molecule has 0 aliphatic carbocycles. The molecule has 3 unspecified atom stereocenters. The lowest BCUT2D eigenvalue weighted by molar-refractivity contribution is -0.777. The zero-order chi connectivity index (χ0) is 22.7. The summed E-state index contributed by atoms with van der Waals surface area (Å²) in [4.78, 5) is 49.2. The van der Waals surface area contributed by atoms with Gasteiger partial charge in [-0.25, -0.2) is 9.59 Å². The van der Waals surface area contributed by atoms with Crippen LogP contribution in [-0.2, 0) is 28.6 Å². The molecule has 0 spiro atoms. The molecule has 0 amide bonds. The van der Waals surface area contributed by atoms with Crippen molar-refractivity contribution in [2.24, 2.45) is 0 Å². The van der Waals surface area contributed by atoms with Crippen LogP contribution < -0.4 is 4.74 Å². The number of carbonyl (C=O) groups excluding carboxylic acids is 2. The van der Waals surface area contributed by atoms with Crippen LogP contribution in [0.4, 0.5) is 4.79 Å². The maximum atomic E-state index is 11.8. The summed E-state index contributed by atoms with van der Waals surface area (Å²) in [6.45, 7) is 2.34. The Hall–Kier alpha value is -3.45. The zero-order valence-corrected chi connectivity index (χ0v) is 16.4. The van der Waals surface area contributed by atoms with Crippen molar-refractivity contribution in [3.63, 3.8) is 0 Å². The summed E-state index contributed by atoms with van der Waals surface area (Å²) in [6, 6.07) is 4.42. The maximum Gasteiger partial charge on any atom is 0.510 e. The van der Waals surface area contributed by atoms with Crippen LogP contribution in [0.25, 0.3) is 0 Å². The van der Waals surface area contributed by atoms with Gasteiger partial charge in [-0.3, -0.25) is 9.63 Å². The smallest absolute Gasteiger partial charge is 0.478 e. The van der Waals surface area contributed by atoms with Crippen molar-refractivity contribution in [1.82, 2.24) is 0 Å². The molecular weight excluding hydrogens is 422 g/mol. The van der Waals surface area contributed by atoms with Crippen LogP contribution >= 0.6 is 0 Å². The van der Waals surface area contributed by atoms with Crippen molar-refractivity contribution in [3.8, 4) is 5.75 Å². The topological polar surface area (TPSA) is 170 Å². The SMILES string of the molecule is CC(=O)Oc1c(C(=O)O)cccc1[C@H]1COC2C1OC[C@H]2OC(=O)OC(C)O[N+](=O)[O-]. The van der Waals surface area contributed by atoms with Crippen LogP contribution in [0.2, 0.25) is 0 Å². The summed E-state index contributed by atoms with van der Waals surface area (Å²) in [5, 5.41) is 18.6. The number of nitrogens with zero attached hydrogens (tertiary/aromatic N) is 1. The van der Waals surface area contributed by atoms with Gasteiger partial charge in [-0.15, -0.1) is 10.1 Å². The van der Waals surface area contributed by atoms with E-state index < -0.39 is 53.7 Å². The lowest BCUT2D eigenvalue weighted by atomic mass is 9.91. The van der Waals surface area contributed by atoms with E-state index in [0.29, 0.717) is 5.56 Å². The number of fused-ring (bicyclic) bond motifs is 1. The van der Waals surface area contributed by atoms with Gasteiger partial charge in [0.05, 0.1) is 19.3 Å². The molecule has 0 aromatic heterocycles. The summed E-state index contributed by atoms with van der Waals surface area (Å²) in [7, 11) is 0. The van der Waals surface area contributed by atoms with Crippen LogP contribution in [0.5, 0.6) is 5.75 Å². The van der Waals surface area contributed by atoms with Crippen molar-refractivity contribution < 1.29 is 53.1 Å². The molecule has 31 heavy (non-hydrogen) atoms. The largest absolute Gasteiger partial charge is 0.510 e. The number of esters is 1. The van der Waals surface area contributed by atoms with Crippen LogP contribution in [0.15, 0.2) is 18.2 Å². The molecule has 5 atom stereocenters. The van der Waals surface area contributed by atoms with Crippen LogP contribution in [0.3, 0.4) is 0 Å². The highest BCUT2D eigenvalue weighted by atomic mass is 17.0. The summed E-state index contributed by atoms with van der Waals surface area (Å²) >= 11 is 0. The molecule has 2 aliphatic heterocycles. The van der Waals surface area contributed by atoms with Gasteiger partial charge in [-0.2, -0.15) is 0 Å². The maximum absolute atomic E-state index is 11.8. The van der Waals surface area contributed by atoms with E-state index in [-0.39, 0.29) is 24.5 Å². The number of hydrogen-bond acceptors (Lipinski definition) is 11. The van der Waals surface area contributed by atoms with E-state index >= 15 is 0 Å². The predicted molar refractivity (Wildman–Crippen MR) is 95.8 cm³/mol. The Balaban J connectivity index is 1.73. The van der Waals surface area contributed by atoms with E-state index in [0.717, 1.165) is 13.8 Å². The molecule has 168 valence electrons. The molecular formula is C18H19NO12. The quantitative estimate of drug-likeness (QED) is 0.212. The Kier molecular flexibility index (Phi) is 6.56. The lowest BCUT2D eigenvalue weighted by Gasteiger charge is -2.20. The summed E-state index contributed by atoms with van der Waals surface area (Å²) in [5.41, 5.74) is 0.212. The van der Waals surface area contributed by atoms with Gasteiger partial charge in [0, 0.05) is 18.4 Å². The molecule has 0 saturated carbocycles. The number of rotatable bonds is 7. The molecule has 1 N–H and O–H groups in total. The second-order valence-corrected chi connectivity index (χ2v) is 6.75. The molecule has 13 heteroatoms. The monoisotopic (exact) mass is 441 g/mol. The molecule has 1 aromatic rings. The highest BCUT2D eigenvalue weighted by molar-refractivity contribution is 5.92. The van der Waals surface area contributed by atoms with Gasteiger partial charge in [-0.05, 0) is 13.0 Å². The minimum absolute atomic E-state index is 0.0487. The van der Waals surface area contributed by atoms with E-state index in [1.54, 1.807) is 6.07 Å². The molecule has 2 fully saturated rings. The van der Waals surface area contributed by atoms with Crippen molar-refractivity contribution in [3.05, 3.63) is 39.4 Å². The fraction of sp³-hybridized carbons (Fsp3) is 0.500. The number of ether oxygens (including phenoxy) is 5. The Labute approximate surface area is 174 Å². The van der Waals surface area contributed by atoms with Gasteiger partial charge in [0.25, 0.3) is 5.09 Å². The lowest BCUT2D eigenvalue weighted by Crippen LogP contribution is -2.34. The Bertz CT molecular complexity index is 886. The third kappa shape index (κ3) is 5.00. The first-order chi connectivity index (χ1) is 14.7. The Morgan fingerprint density at radius 2 is 1.94 bits per heavy atom. The second-order valence-electron chi connectivity index (χ2n) is 6.75. The average molecular weight is 441 g/mol. The van der Waals surface area contributed by atoms with Crippen molar-refractivity contribution in [1.29, 1.82) is 0 Å². The van der Waals surface area contributed by atoms with E-state index in [2.05, 4.69) is 9.57 Å². The number of hydrogen-bond donors (Lipinski definition) is 1. The minimum Gasteiger partial charge on any atom is -0.478 e. The third-order valence-corrected chi connectivity index (χ3v) is 4.67. The average Bonchev–Trinajstić information content (AvgIpc) is 3.23. The predicted octanol–water partition coefficient (Wildman–Crippen LogP) is 1.27. The minimum atomic E-state index is -1.47. The fourth-order valence-electron chi connectivity index (χ4n) is 3.53. The van der Waals surface area contributed by atoms with Crippen molar-refractivity contribution >= 4 is 18.1 Å². The molecule has 0 bridgehead atoms. The van der Waals surface area contributed by atoms with Gasteiger partial charge >= 0.3 is 18.1 Å². The summed E-state index contributed by atoms with van der Waals surface area (Å²) in [5.74, 6) is -2.56. The molecule has 2 heterocycles. The van der Waals surface area contributed by atoms with Crippen LogP contribution in [-0.4, -0.2) is 66.1 Å². The number of benzene rings is 1. The van der Waals surface area contributed by atoms with E-state index in [4.69, 9.17) is 18.9 Å². The highest BCUT2D eigenvalue weighted by Gasteiger charge is 2.51. The Morgan fingerprint density at radius 3 is 2.58 bits per heavy atom. The molecule has 1 aromatic carbocycles. The van der Waals surface area contributed by atoms with Crippen molar-refractivity contribution in [2.75, 3.05) is 13.2 Å². The van der Waals surface area contributed by atoms with Gasteiger partial charge in [0.2, 0.25) is 6.29 Å². The van der Waals surface area contributed by atoms with E-state index in [1.165, 1.54) is 12.1 Å². The Morgan fingerprint density at radius 1 is 1.23 bits per heavy atom. The first-order valence-corrected chi connectivity index (χ1v) is 9.13. The number of carboxylic acids is 1. The molecule has 2 aliphatic rings. The first kappa shape index (κ1) is 22.2. The third-order valence-electron chi connectivity index (χ3n) is 4.67. The number of para-hydroxylation sites is 1. The molecule has 13 nitrogen and oxygen atoms in total. The zero-order valence-electron chi connectivity index (χ0n) is 16.4. The first-order valence-electron chi connectivity index (χ1n) is 9.13. The second kappa shape index (κ2) is 9.14. The van der Waals surface area contributed by atoms with Gasteiger partial charge in [0.1, 0.15) is 17.4 Å². The van der Waals surface area contributed by atoms with Crippen molar-refractivity contribution in [2.45, 2.75) is 44.4 Å². The number of carboxylic acid groups (broad SMARTS) is 1. The highest BCUT2D eigenvalue weighted by Crippen LogP contribution is 2.42. The summed E-state index contributed by atoms with van der Waals surface area (Å²) in [6.07, 6.45) is -4.87. The normalized spacial score (nSPS) is 25.2. The number of aromatic carboxylic acids is 1. The molecule has 3 rings (SSSR count). The fourth-order valence-corrected chi connectivity index (χ4v) is 3.53. The van der Waals surface area contributed by atoms with Gasteiger partial charge in [0.15, 0.2) is 6.10 Å². The van der Waals surface area contributed by atoms with Gasteiger partial charge < -0.3 is 28.8 Å². The van der Waals surface area contributed by atoms with E-state index in [1.807, 2.05) is 0 Å². The standard InChI is InChI=1S/C18H19NO12/c1-8(20)28-14-10(4-3-5-11(14)17(21)22)12-6-26-16-13(7-27-15(12)16)30-18(23)29-9(2)31-19(24)25/h3-5,9,12-13,15-16H,6-7H2,1-2H3,(H,21,22)/t9?,12-,13-,15?,16?/m1/s1. The molecule has 0 radical (unpaired) electrons. The van der Waals surface area contributed by atoms with Crippen LogP contribution in [0, 0.1) is 10.1 Å². The summed E-state index contributed by atoms with van der Waals surface area (Å²) < 4.78 is 26.3. The van der Waals surface area contributed by atoms with Crippen LogP contribution in [0.1, 0.15) is 35.7 Å². The van der Waals surface area contributed by atoms with Gasteiger partial charge in [-0.1, -0.05) is 12.1 Å². The molecule has 2 saturated heterocycles. The van der Waals surface area contributed by atoms with E-state index in [9.17, 15) is 29.6 Å². The number of carbonyl (C=O) groups is 3.